The number of carbonyl (C=O) groups is 2. The van der Waals surface area contributed by atoms with Gasteiger partial charge < -0.3 is 14.6 Å². The molecule has 0 bridgehead atoms. The predicted molar refractivity (Wildman–Crippen MR) is 114 cm³/mol. The molecule has 1 fully saturated rings. The van der Waals surface area contributed by atoms with Crippen molar-refractivity contribution in [1.29, 1.82) is 5.26 Å². The van der Waals surface area contributed by atoms with Crippen LogP contribution in [0.5, 0.6) is 0 Å². The lowest BCUT2D eigenvalue weighted by Crippen LogP contribution is -2.21. The summed E-state index contributed by atoms with van der Waals surface area (Å²) in [6.45, 7) is 3.54. The number of thioether (sulfide) groups is 1. The van der Waals surface area contributed by atoms with Crippen molar-refractivity contribution in [3.63, 3.8) is 0 Å². The number of anilines is 1. The zero-order valence-electron chi connectivity index (χ0n) is 16.7. The van der Waals surface area contributed by atoms with E-state index in [1.807, 2.05) is 50.4 Å². The van der Waals surface area contributed by atoms with Crippen molar-refractivity contribution in [2.75, 3.05) is 18.2 Å². The van der Waals surface area contributed by atoms with Crippen LogP contribution in [0.25, 0.3) is 6.08 Å². The standard InChI is InChI=1S/C22H23N3O3S/c1-14-10-16(15(2)25(14)18-8-9-18)11-17(12-23)22(27)28-13-21(26)24-19-6-4-5-7-20(19)29-3/h4-7,10-11,18H,8-9,13H2,1-3H3,(H,24,26)/b17-11+. The number of hydrogen-bond donors (Lipinski definition) is 1. The van der Waals surface area contributed by atoms with Gasteiger partial charge >= 0.3 is 5.97 Å². The fourth-order valence-corrected chi connectivity index (χ4v) is 3.83. The Morgan fingerprint density at radius 3 is 2.72 bits per heavy atom. The minimum Gasteiger partial charge on any atom is -0.451 e. The maximum atomic E-state index is 12.3. The highest BCUT2D eigenvalue weighted by atomic mass is 32.2. The Hall–Kier alpha value is -2.98. The Balaban J connectivity index is 1.64. The van der Waals surface area contributed by atoms with E-state index in [9.17, 15) is 14.9 Å². The largest absolute Gasteiger partial charge is 0.451 e. The number of benzene rings is 1. The van der Waals surface area contributed by atoms with Crippen molar-refractivity contribution in [2.45, 2.75) is 37.6 Å². The van der Waals surface area contributed by atoms with Gasteiger partial charge in [-0.3, -0.25) is 4.79 Å². The van der Waals surface area contributed by atoms with E-state index in [-0.39, 0.29) is 5.57 Å². The first-order valence-corrected chi connectivity index (χ1v) is 10.6. The van der Waals surface area contributed by atoms with Crippen LogP contribution in [0.1, 0.15) is 35.8 Å². The van der Waals surface area contributed by atoms with Crippen LogP contribution in [0, 0.1) is 25.2 Å². The summed E-state index contributed by atoms with van der Waals surface area (Å²) < 4.78 is 7.30. The lowest BCUT2D eigenvalue weighted by molar-refractivity contribution is -0.142. The smallest absolute Gasteiger partial charge is 0.349 e. The second kappa shape index (κ2) is 9.01. The molecule has 150 valence electrons. The number of nitrogens with zero attached hydrogens (tertiary/aromatic N) is 2. The van der Waals surface area contributed by atoms with Crippen LogP contribution in [0.4, 0.5) is 5.69 Å². The van der Waals surface area contributed by atoms with Crippen molar-refractivity contribution >= 4 is 35.4 Å². The zero-order chi connectivity index (χ0) is 21.0. The molecule has 2 aromatic rings. The molecule has 1 aromatic heterocycles. The maximum Gasteiger partial charge on any atom is 0.349 e. The zero-order valence-corrected chi connectivity index (χ0v) is 17.5. The molecule has 0 atom stereocenters. The Morgan fingerprint density at radius 2 is 2.07 bits per heavy atom. The second-order valence-corrected chi connectivity index (χ2v) is 7.77. The third-order valence-corrected chi connectivity index (χ3v) is 5.59. The number of carbonyl (C=O) groups excluding carboxylic acids is 2. The molecule has 1 aromatic carbocycles. The number of rotatable bonds is 7. The van der Waals surface area contributed by atoms with Gasteiger partial charge in [0.15, 0.2) is 6.61 Å². The number of aromatic nitrogens is 1. The molecule has 1 N–H and O–H groups in total. The Morgan fingerprint density at radius 1 is 1.34 bits per heavy atom. The molecule has 0 saturated heterocycles. The van der Waals surface area contributed by atoms with Crippen LogP contribution in [0.3, 0.4) is 0 Å². The highest BCUT2D eigenvalue weighted by molar-refractivity contribution is 7.98. The maximum absolute atomic E-state index is 12.3. The number of hydrogen-bond acceptors (Lipinski definition) is 5. The number of esters is 1. The van der Waals surface area contributed by atoms with Gasteiger partial charge in [-0.25, -0.2) is 4.79 Å². The molecule has 0 radical (unpaired) electrons. The number of amides is 1. The fraction of sp³-hybridized carbons (Fsp3) is 0.318. The third kappa shape index (κ3) is 4.90. The molecule has 6 nitrogen and oxygen atoms in total. The highest BCUT2D eigenvalue weighted by Gasteiger charge is 2.27. The molecule has 0 spiro atoms. The lowest BCUT2D eigenvalue weighted by Gasteiger charge is -2.09. The first-order chi connectivity index (χ1) is 13.9. The molecule has 1 aliphatic carbocycles. The van der Waals surface area contributed by atoms with Crippen molar-refractivity contribution in [3.8, 4) is 6.07 Å². The lowest BCUT2D eigenvalue weighted by atomic mass is 10.1. The molecule has 1 saturated carbocycles. The van der Waals surface area contributed by atoms with Crippen molar-refractivity contribution < 1.29 is 14.3 Å². The third-order valence-electron chi connectivity index (χ3n) is 4.79. The minimum absolute atomic E-state index is 0.127. The first kappa shape index (κ1) is 20.7. The average molecular weight is 410 g/mol. The summed E-state index contributed by atoms with van der Waals surface area (Å²) in [6, 6.07) is 11.7. The first-order valence-electron chi connectivity index (χ1n) is 9.34. The van der Waals surface area contributed by atoms with Gasteiger partial charge in [0.05, 0.1) is 5.69 Å². The fourth-order valence-electron chi connectivity index (χ4n) is 3.28. The van der Waals surface area contributed by atoms with E-state index < -0.39 is 18.5 Å². The molecule has 1 aliphatic rings. The topological polar surface area (TPSA) is 84.1 Å². The van der Waals surface area contributed by atoms with Crippen LogP contribution in [-0.2, 0) is 14.3 Å². The van der Waals surface area contributed by atoms with Gasteiger partial charge in [-0.1, -0.05) is 12.1 Å². The molecular weight excluding hydrogens is 386 g/mol. The van der Waals surface area contributed by atoms with E-state index in [0.29, 0.717) is 11.7 Å². The molecule has 3 rings (SSSR count). The molecule has 0 unspecified atom stereocenters. The summed E-state index contributed by atoms with van der Waals surface area (Å²) in [5.74, 6) is -1.26. The van der Waals surface area contributed by atoms with Gasteiger partial charge in [0.2, 0.25) is 0 Å². The SMILES string of the molecule is CSc1ccccc1NC(=O)COC(=O)/C(C#N)=C/c1cc(C)n(C2CC2)c1C. The van der Waals surface area contributed by atoms with Crippen molar-refractivity contribution in [3.05, 3.63) is 52.9 Å². The summed E-state index contributed by atoms with van der Waals surface area (Å²) in [7, 11) is 0. The molecule has 7 heteroatoms. The summed E-state index contributed by atoms with van der Waals surface area (Å²) >= 11 is 1.51. The monoisotopic (exact) mass is 409 g/mol. The van der Waals surface area contributed by atoms with Crippen LogP contribution < -0.4 is 5.32 Å². The van der Waals surface area contributed by atoms with Crippen LogP contribution in [0.2, 0.25) is 0 Å². The van der Waals surface area contributed by atoms with Gasteiger partial charge in [0.25, 0.3) is 5.91 Å². The number of ether oxygens (including phenoxy) is 1. The molecule has 29 heavy (non-hydrogen) atoms. The molecular formula is C22H23N3O3S. The van der Waals surface area contributed by atoms with Crippen LogP contribution >= 0.6 is 11.8 Å². The summed E-state index contributed by atoms with van der Waals surface area (Å²) in [4.78, 5) is 25.4. The van der Waals surface area contributed by atoms with Gasteiger partial charge in [0.1, 0.15) is 11.6 Å². The summed E-state index contributed by atoms with van der Waals surface area (Å²) in [5.41, 5.74) is 3.48. The number of nitriles is 1. The second-order valence-electron chi connectivity index (χ2n) is 6.92. The van der Waals surface area contributed by atoms with E-state index in [0.717, 1.165) is 34.7 Å². The number of aryl methyl sites for hydroxylation is 1. The van der Waals surface area contributed by atoms with Crippen molar-refractivity contribution in [2.24, 2.45) is 0 Å². The Kier molecular flexibility index (Phi) is 6.45. The van der Waals surface area contributed by atoms with Gasteiger partial charge in [-0.05, 0) is 62.8 Å². The van der Waals surface area contributed by atoms with E-state index in [4.69, 9.17) is 4.74 Å². The van der Waals surface area contributed by atoms with E-state index in [1.165, 1.54) is 17.8 Å². The quantitative estimate of drug-likeness (QED) is 0.320. The van der Waals surface area contributed by atoms with Crippen LogP contribution in [-0.4, -0.2) is 29.3 Å². The minimum atomic E-state index is -0.808. The van der Waals surface area contributed by atoms with E-state index in [1.54, 1.807) is 6.07 Å². The van der Waals surface area contributed by atoms with Gasteiger partial charge in [-0.15, -0.1) is 11.8 Å². The van der Waals surface area contributed by atoms with Crippen molar-refractivity contribution in [1.82, 2.24) is 4.57 Å². The highest BCUT2D eigenvalue weighted by Crippen LogP contribution is 2.38. The van der Waals surface area contributed by atoms with Gasteiger partial charge in [-0.2, -0.15) is 5.26 Å². The van der Waals surface area contributed by atoms with Gasteiger partial charge in [0, 0.05) is 22.3 Å². The Labute approximate surface area is 174 Å². The summed E-state index contributed by atoms with van der Waals surface area (Å²) in [6.07, 6.45) is 5.75. The molecule has 1 amide bonds. The van der Waals surface area contributed by atoms with E-state index >= 15 is 0 Å². The normalized spacial score (nSPS) is 13.7. The van der Waals surface area contributed by atoms with Crippen LogP contribution in [0.15, 0.2) is 40.8 Å². The molecule has 1 heterocycles. The summed E-state index contributed by atoms with van der Waals surface area (Å²) in [5, 5.41) is 12.1. The molecule has 0 aliphatic heterocycles. The average Bonchev–Trinajstić information content (AvgIpc) is 3.50. The Bertz CT molecular complexity index is 1010. The number of para-hydroxylation sites is 1. The predicted octanol–water partition coefficient (Wildman–Crippen LogP) is 4.25. The number of nitrogens with one attached hydrogen (secondary N) is 1. The van der Waals surface area contributed by atoms with E-state index in [2.05, 4.69) is 9.88 Å².